The fourth-order valence-corrected chi connectivity index (χ4v) is 3.66. The van der Waals surface area contributed by atoms with Gasteiger partial charge in [0.25, 0.3) is 5.91 Å². The highest BCUT2D eigenvalue weighted by molar-refractivity contribution is 5.78. The van der Waals surface area contributed by atoms with Crippen LogP contribution in [0, 0.1) is 6.92 Å². The number of aliphatic hydroxyl groups is 2. The number of benzene rings is 1. The van der Waals surface area contributed by atoms with Crippen molar-refractivity contribution in [2.45, 2.75) is 44.4 Å². The van der Waals surface area contributed by atoms with E-state index in [1.165, 1.54) is 0 Å². The Labute approximate surface area is 149 Å². The lowest BCUT2D eigenvalue weighted by Crippen LogP contribution is -2.57. The van der Waals surface area contributed by atoms with Crippen LogP contribution in [0.1, 0.15) is 24.8 Å². The van der Waals surface area contributed by atoms with E-state index >= 15 is 0 Å². The number of amides is 1. The Morgan fingerprint density at radius 1 is 1.12 bits per heavy atom. The lowest BCUT2D eigenvalue weighted by atomic mass is 9.96. The molecule has 0 radical (unpaired) electrons. The molecule has 2 aliphatic heterocycles. The summed E-state index contributed by atoms with van der Waals surface area (Å²) in [4.78, 5) is 16.3. The van der Waals surface area contributed by atoms with Gasteiger partial charge in [0.05, 0.1) is 12.2 Å². The molecule has 2 atom stereocenters. The molecule has 138 valence electrons. The summed E-state index contributed by atoms with van der Waals surface area (Å²) < 4.78 is 5.56. The third-order valence-electron chi connectivity index (χ3n) is 5.25. The van der Waals surface area contributed by atoms with Gasteiger partial charge in [-0.25, -0.2) is 0 Å². The zero-order valence-electron chi connectivity index (χ0n) is 14.8. The molecule has 1 amide bonds. The molecule has 3 rings (SSSR count). The van der Waals surface area contributed by atoms with Crippen molar-refractivity contribution in [2.75, 3.05) is 32.8 Å². The van der Waals surface area contributed by atoms with Gasteiger partial charge >= 0.3 is 0 Å². The van der Waals surface area contributed by atoms with Crippen molar-refractivity contribution in [3.05, 3.63) is 29.8 Å². The molecule has 0 unspecified atom stereocenters. The maximum Gasteiger partial charge on any atom is 0.260 e. The fourth-order valence-electron chi connectivity index (χ4n) is 3.66. The van der Waals surface area contributed by atoms with Crippen molar-refractivity contribution in [2.24, 2.45) is 0 Å². The van der Waals surface area contributed by atoms with Crippen LogP contribution in [0.15, 0.2) is 24.3 Å². The van der Waals surface area contributed by atoms with Crippen molar-refractivity contribution in [1.29, 1.82) is 0 Å². The summed E-state index contributed by atoms with van der Waals surface area (Å²) in [7, 11) is 0. The molecule has 0 saturated carbocycles. The van der Waals surface area contributed by atoms with E-state index in [2.05, 4.69) is 4.90 Å². The number of rotatable bonds is 4. The minimum absolute atomic E-state index is 0.00362. The van der Waals surface area contributed by atoms with Crippen LogP contribution in [0.5, 0.6) is 5.75 Å². The highest BCUT2D eigenvalue weighted by Gasteiger charge is 2.35. The first-order chi connectivity index (χ1) is 12.0. The molecule has 0 aliphatic carbocycles. The van der Waals surface area contributed by atoms with Gasteiger partial charge in [0.15, 0.2) is 6.61 Å². The van der Waals surface area contributed by atoms with Crippen LogP contribution in [0.4, 0.5) is 0 Å². The molecule has 1 aromatic carbocycles. The number of carbonyl (C=O) groups is 1. The minimum Gasteiger partial charge on any atom is -0.484 e. The number of nitrogens with zero attached hydrogens (tertiary/aromatic N) is 2. The molecule has 2 N–H and O–H groups in total. The monoisotopic (exact) mass is 348 g/mol. The van der Waals surface area contributed by atoms with Gasteiger partial charge in [-0.05, 0) is 38.3 Å². The summed E-state index contributed by atoms with van der Waals surface area (Å²) in [5.41, 5.74) is 1.15. The van der Waals surface area contributed by atoms with Crippen molar-refractivity contribution in [3.8, 4) is 5.75 Å². The summed E-state index contributed by atoms with van der Waals surface area (Å²) in [6, 6.07) is 7.69. The van der Waals surface area contributed by atoms with E-state index in [0.717, 1.165) is 37.9 Å². The van der Waals surface area contributed by atoms with Crippen LogP contribution in [0.3, 0.4) is 0 Å². The van der Waals surface area contributed by atoms with Gasteiger partial charge in [-0.1, -0.05) is 17.7 Å². The quantitative estimate of drug-likeness (QED) is 0.842. The van der Waals surface area contributed by atoms with Crippen molar-refractivity contribution >= 4 is 5.91 Å². The topological polar surface area (TPSA) is 73.2 Å². The van der Waals surface area contributed by atoms with Crippen LogP contribution in [0.2, 0.25) is 0 Å². The van der Waals surface area contributed by atoms with Crippen LogP contribution in [-0.2, 0) is 4.79 Å². The predicted octanol–water partition coefficient (Wildman–Crippen LogP) is 0.792. The van der Waals surface area contributed by atoms with E-state index in [1.54, 1.807) is 4.90 Å². The molecule has 25 heavy (non-hydrogen) atoms. The Hall–Kier alpha value is -1.63. The van der Waals surface area contributed by atoms with Crippen LogP contribution < -0.4 is 4.74 Å². The number of hydrogen-bond acceptors (Lipinski definition) is 5. The molecule has 2 fully saturated rings. The summed E-state index contributed by atoms with van der Waals surface area (Å²) in [6.45, 7) is 4.61. The van der Waals surface area contributed by atoms with Crippen molar-refractivity contribution < 1.29 is 19.7 Å². The Bertz CT molecular complexity index is 569. The zero-order chi connectivity index (χ0) is 17.8. The largest absolute Gasteiger partial charge is 0.484 e. The zero-order valence-corrected chi connectivity index (χ0v) is 14.8. The number of piperidine rings is 2. The molecule has 1 aromatic rings. The number of β-amino-alcohol motifs (C(OH)–C–C–N with tert-alkyl or cyclic N) is 1. The summed E-state index contributed by atoms with van der Waals surface area (Å²) in [5.74, 6) is 0.591. The van der Waals surface area contributed by atoms with E-state index in [0.29, 0.717) is 18.8 Å². The maximum atomic E-state index is 12.4. The summed E-state index contributed by atoms with van der Waals surface area (Å²) >= 11 is 0. The fraction of sp³-hybridized carbons (Fsp3) is 0.632. The number of hydrogen-bond donors (Lipinski definition) is 2. The smallest absolute Gasteiger partial charge is 0.260 e. The standard InChI is InChI=1S/C19H28N2O4/c1-14-2-4-16(5-3-14)25-13-19(24)21-11-8-17(18(23)12-21)20-9-6-15(22)7-10-20/h2-5,15,17-18,22-23H,6-13H2,1H3/t17-,18-/m1/s1. The number of likely N-dealkylation sites (tertiary alicyclic amines) is 2. The molecule has 0 aromatic heterocycles. The number of ether oxygens (including phenoxy) is 1. The first-order valence-corrected chi connectivity index (χ1v) is 9.10. The van der Waals surface area contributed by atoms with Gasteiger partial charge in [0.2, 0.25) is 0 Å². The molecule has 2 saturated heterocycles. The Morgan fingerprint density at radius 2 is 1.80 bits per heavy atom. The first kappa shape index (κ1) is 18.2. The summed E-state index contributed by atoms with van der Waals surface area (Å²) in [5, 5.41) is 20.1. The molecular formula is C19H28N2O4. The third-order valence-corrected chi connectivity index (χ3v) is 5.25. The van der Waals surface area contributed by atoms with Crippen LogP contribution in [-0.4, -0.2) is 77.0 Å². The average Bonchev–Trinajstić information content (AvgIpc) is 2.62. The van der Waals surface area contributed by atoms with Crippen LogP contribution >= 0.6 is 0 Å². The van der Waals surface area contributed by atoms with Gasteiger partial charge in [-0.15, -0.1) is 0 Å². The molecule has 2 aliphatic rings. The van der Waals surface area contributed by atoms with Gasteiger partial charge in [-0.2, -0.15) is 0 Å². The molecule has 0 spiro atoms. The molecule has 2 heterocycles. The van der Waals surface area contributed by atoms with Gasteiger partial charge in [-0.3, -0.25) is 9.69 Å². The molecule has 6 nitrogen and oxygen atoms in total. The maximum absolute atomic E-state index is 12.4. The highest BCUT2D eigenvalue weighted by Crippen LogP contribution is 2.22. The number of aliphatic hydroxyl groups excluding tert-OH is 2. The van der Waals surface area contributed by atoms with Gasteiger partial charge in [0.1, 0.15) is 5.75 Å². The lowest BCUT2D eigenvalue weighted by molar-refractivity contribution is -0.138. The number of aryl methyl sites for hydroxylation is 1. The van der Waals surface area contributed by atoms with Gasteiger partial charge in [0, 0.05) is 32.2 Å². The van der Waals surface area contributed by atoms with E-state index < -0.39 is 6.10 Å². The average molecular weight is 348 g/mol. The number of carbonyl (C=O) groups excluding carboxylic acids is 1. The molecular weight excluding hydrogens is 320 g/mol. The molecule has 6 heteroatoms. The second kappa shape index (κ2) is 8.17. The Kier molecular flexibility index (Phi) is 5.93. The Balaban J connectivity index is 1.46. The summed E-state index contributed by atoms with van der Waals surface area (Å²) in [6.07, 6.45) is 1.52. The second-order valence-electron chi connectivity index (χ2n) is 7.13. The SMILES string of the molecule is Cc1ccc(OCC(=O)N2CC[C@@H](N3CCC(O)CC3)[C@H](O)C2)cc1. The normalized spacial score (nSPS) is 25.8. The van der Waals surface area contributed by atoms with E-state index in [1.807, 2.05) is 31.2 Å². The van der Waals surface area contributed by atoms with E-state index in [9.17, 15) is 15.0 Å². The van der Waals surface area contributed by atoms with Crippen molar-refractivity contribution in [1.82, 2.24) is 9.80 Å². The second-order valence-corrected chi connectivity index (χ2v) is 7.13. The highest BCUT2D eigenvalue weighted by atomic mass is 16.5. The van der Waals surface area contributed by atoms with Crippen LogP contribution in [0.25, 0.3) is 0 Å². The third kappa shape index (κ3) is 4.71. The first-order valence-electron chi connectivity index (χ1n) is 9.10. The molecule has 0 bridgehead atoms. The Morgan fingerprint density at radius 3 is 2.44 bits per heavy atom. The van der Waals surface area contributed by atoms with E-state index in [-0.39, 0.29) is 24.7 Å². The minimum atomic E-state index is -0.549. The van der Waals surface area contributed by atoms with Gasteiger partial charge < -0.3 is 19.8 Å². The van der Waals surface area contributed by atoms with Crippen molar-refractivity contribution in [3.63, 3.8) is 0 Å². The lowest BCUT2D eigenvalue weighted by Gasteiger charge is -2.43. The van der Waals surface area contributed by atoms with E-state index in [4.69, 9.17) is 4.74 Å². The predicted molar refractivity (Wildman–Crippen MR) is 94.5 cm³/mol.